The molecule has 0 aromatic heterocycles. The SMILES string of the molecule is O=C(NCC1(Sc2ccccc2)CC1)N[C@@H]1C=C[C@H](CO)C1. The zero-order chi connectivity index (χ0) is 15.4. The maximum Gasteiger partial charge on any atom is 0.315 e. The van der Waals surface area contributed by atoms with Crippen LogP contribution in [0.1, 0.15) is 19.3 Å². The Labute approximate surface area is 135 Å². The lowest BCUT2D eigenvalue weighted by Crippen LogP contribution is -2.43. The van der Waals surface area contributed by atoms with E-state index in [-0.39, 0.29) is 29.3 Å². The van der Waals surface area contributed by atoms with Gasteiger partial charge in [0.05, 0.1) is 0 Å². The first-order chi connectivity index (χ1) is 10.7. The van der Waals surface area contributed by atoms with Gasteiger partial charge in [-0.1, -0.05) is 30.4 Å². The number of hydrogen-bond donors (Lipinski definition) is 3. The second-order valence-electron chi connectivity index (χ2n) is 6.09. The number of benzene rings is 1. The molecule has 22 heavy (non-hydrogen) atoms. The van der Waals surface area contributed by atoms with E-state index in [0.717, 1.165) is 19.3 Å². The van der Waals surface area contributed by atoms with Gasteiger partial charge >= 0.3 is 6.03 Å². The molecule has 0 heterocycles. The molecule has 4 nitrogen and oxygen atoms in total. The molecule has 2 aliphatic rings. The quantitative estimate of drug-likeness (QED) is 0.706. The van der Waals surface area contributed by atoms with Gasteiger partial charge in [-0.3, -0.25) is 0 Å². The van der Waals surface area contributed by atoms with E-state index in [2.05, 4.69) is 22.8 Å². The van der Waals surface area contributed by atoms with Crippen molar-refractivity contribution in [3.8, 4) is 0 Å². The fourth-order valence-electron chi connectivity index (χ4n) is 2.67. The average molecular weight is 318 g/mol. The minimum atomic E-state index is -0.117. The van der Waals surface area contributed by atoms with Crippen LogP contribution in [-0.2, 0) is 0 Å². The van der Waals surface area contributed by atoms with Crippen LogP contribution in [0.5, 0.6) is 0 Å². The first-order valence-corrected chi connectivity index (χ1v) is 8.58. The molecule has 0 radical (unpaired) electrons. The van der Waals surface area contributed by atoms with Crippen LogP contribution in [0.3, 0.4) is 0 Å². The largest absolute Gasteiger partial charge is 0.396 e. The van der Waals surface area contributed by atoms with Gasteiger partial charge in [0.2, 0.25) is 0 Å². The monoisotopic (exact) mass is 318 g/mol. The maximum absolute atomic E-state index is 12.0. The van der Waals surface area contributed by atoms with Gasteiger partial charge in [0.1, 0.15) is 0 Å². The minimum absolute atomic E-state index is 0.0362. The van der Waals surface area contributed by atoms with Crippen molar-refractivity contribution >= 4 is 17.8 Å². The number of hydrogen-bond acceptors (Lipinski definition) is 3. The third kappa shape index (κ3) is 4.05. The summed E-state index contributed by atoms with van der Waals surface area (Å²) in [6.45, 7) is 0.839. The highest BCUT2D eigenvalue weighted by Crippen LogP contribution is 2.51. The van der Waals surface area contributed by atoms with Crippen molar-refractivity contribution in [2.24, 2.45) is 5.92 Å². The number of urea groups is 1. The highest BCUT2D eigenvalue weighted by molar-refractivity contribution is 8.01. The molecule has 2 amide bonds. The Bertz CT molecular complexity index is 543. The fourth-order valence-corrected chi connectivity index (χ4v) is 3.91. The third-order valence-corrected chi connectivity index (χ3v) is 5.67. The van der Waals surface area contributed by atoms with Crippen LogP contribution < -0.4 is 10.6 Å². The van der Waals surface area contributed by atoms with Crippen LogP contribution in [-0.4, -0.2) is 35.1 Å². The van der Waals surface area contributed by atoms with Crippen molar-refractivity contribution in [1.82, 2.24) is 10.6 Å². The van der Waals surface area contributed by atoms with Crippen molar-refractivity contribution in [2.75, 3.05) is 13.2 Å². The lowest BCUT2D eigenvalue weighted by atomic mass is 10.1. The van der Waals surface area contributed by atoms with E-state index >= 15 is 0 Å². The lowest BCUT2D eigenvalue weighted by molar-refractivity contribution is 0.231. The Hall–Kier alpha value is -1.46. The number of carbonyl (C=O) groups is 1. The number of aliphatic hydroxyl groups excluding tert-OH is 1. The third-order valence-electron chi connectivity index (χ3n) is 4.18. The van der Waals surface area contributed by atoms with Crippen LogP contribution in [0.4, 0.5) is 4.79 Å². The summed E-state index contributed by atoms with van der Waals surface area (Å²) in [5.74, 6) is 0.175. The Kier molecular flexibility index (Phi) is 4.74. The second kappa shape index (κ2) is 6.75. The number of rotatable bonds is 6. The molecule has 1 fully saturated rings. The van der Waals surface area contributed by atoms with Crippen molar-refractivity contribution in [1.29, 1.82) is 0 Å². The summed E-state index contributed by atoms with van der Waals surface area (Å²) in [7, 11) is 0. The Morgan fingerprint density at radius 3 is 2.68 bits per heavy atom. The van der Waals surface area contributed by atoms with Crippen LogP contribution in [0.2, 0.25) is 0 Å². The molecule has 118 valence electrons. The summed E-state index contributed by atoms with van der Waals surface area (Å²) in [6, 6.07) is 10.3. The van der Waals surface area contributed by atoms with Crippen molar-refractivity contribution < 1.29 is 9.90 Å². The summed E-state index contributed by atoms with van der Waals surface area (Å²) >= 11 is 1.86. The van der Waals surface area contributed by atoms with Crippen LogP contribution in [0.25, 0.3) is 0 Å². The summed E-state index contributed by atoms with van der Waals surface area (Å²) < 4.78 is 0.165. The molecule has 0 aliphatic heterocycles. The molecule has 0 spiro atoms. The lowest BCUT2D eigenvalue weighted by Gasteiger charge is -2.18. The molecule has 1 aromatic rings. The predicted octanol–water partition coefficient (Wildman–Crippen LogP) is 2.55. The summed E-state index contributed by atoms with van der Waals surface area (Å²) in [4.78, 5) is 13.2. The molecule has 0 bridgehead atoms. The fraction of sp³-hybridized carbons (Fsp3) is 0.471. The minimum Gasteiger partial charge on any atom is -0.396 e. The molecular weight excluding hydrogens is 296 g/mol. The number of aliphatic hydroxyl groups is 1. The topological polar surface area (TPSA) is 61.4 Å². The Morgan fingerprint density at radius 1 is 1.27 bits per heavy atom. The number of amides is 2. The average Bonchev–Trinajstić information content (AvgIpc) is 3.14. The molecule has 1 saturated carbocycles. The van der Waals surface area contributed by atoms with Crippen molar-refractivity contribution in [2.45, 2.75) is 34.9 Å². The van der Waals surface area contributed by atoms with E-state index in [1.165, 1.54) is 4.90 Å². The zero-order valence-corrected chi connectivity index (χ0v) is 13.3. The van der Waals surface area contributed by atoms with E-state index < -0.39 is 0 Å². The van der Waals surface area contributed by atoms with Crippen molar-refractivity contribution in [3.63, 3.8) is 0 Å². The summed E-state index contributed by atoms with van der Waals surface area (Å²) in [5.41, 5.74) is 0. The first-order valence-electron chi connectivity index (χ1n) is 7.77. The first kappa shape index (κ1) is 15.4. The predicted molar refractivity (Wildman–Crippen MR) is 88.9 cm³/mol. The van der Waals surface area contributed by atoms with Crippen LogP contribution in [0, 0.1) is 5.92 Å². The van der Waals surface area contributed by atoms with E-state index in [4.69, 9.17) is 5.11 Å². The van der Waals surface area contributed by atoms with Gasteiger partial charge in [0, 0.05) is 34.8 Å². The van der Waals surface area contributed by atoms with E-state index in [9.17, 15) is 4.79 Å². The molecule has 2 aliphatic carbocycles. The Balaban J connectivity index is 1.42. The molecule has 2 atom stereocenters. The maximum atomic E-state index is 12.0. The highest BCUT2D eigenvalue weighted by Gasteiger charge is 2.43. The van der Waals surface area contributed by atoms with Crippen molar-refractivity contribution in [3.05, 3.63) is 42.5 Å². The van der Waals surface area contributed by atoms with Gasteiger partial charge in [0.15, 0.2) is 0 Å². The Morgan fingerprint density at radius 2 is 2.05 bits per heavy atom. The smallest absolute Gasteiger partial charge is 0.315 e. The van der Waals surface area contributed by atoms with E-state index in [1.54, 1.807) is 0 Å². The molecule has 5 heteroatoms. The summed E-state index contributed by atoms with van der Waals surface area (Å²) in [6.07, 6.45) is 7.00. The van der Waals surface area contributed by atoms with E-state index in [0.29, 0.717) is 6.54 Å². The molecular formula is C17H22N2O2S. The molecule has 3 rings (SSSR count). The second-order valence-corrected chi connectivity index (χ2v) is 7.64. The van der Waals surface area contributed by atoms with Gasteiger partial charge in [0.25, 0.3) is 0 Å². The van der Waals surface area contributed by atoms with Gasteiger partial charge in [-0.25, -0.2) is 4.79 Å². The standard InChI is InChI=1S/C17H22N2O2S/c20-11-13-6-7-14(10-13)19-16(21)18-12-17(8-9-17)22-15-4-2-1-3-5-15/h1-7,13-14,20H,8-12H2,(H2,18,19,21)/t13-,14+/m0/s1. The zero-order valence-electron chi connectivity index (χ0n) is 12.5. The van der Waals surface area contributed by atoms with E-state index in [1.807, 2.05) is 42.1 Å². The van der Waals surface area contributed by atoms with Gasteiger partial charge < -0.3 is 15.7 Å². The number of thioether (sulfide) groups is 1. The summed E-state index contributed by atoms with van der Waals surface area (Å²) in [5, 5.41) is 15.0. The van der Waals surface area contributed by atoms with Gasteiger partial charge in [-0.05, 0) is 31.4 Å². The van der Waals surface area contributed by atoms with Gasteiger partial charge in [-0.15, -0.1) is 11.8 Å². The highest BCUT2D eigenvalue weighted by atomic mass is 32.2. The van der Waals surface area contributed by atoms with Crippen LogP contribution in [0.15, 0.2) is 47.4 Å². The molecule has 0 saturated heterocycles. The molecule has 3 N–H and O–H groups in total. The number of nitrogens with one attached hydrogen (secondary N) is 2. The molecule has 1 aromatic carbocycles. The van der Waals surface area contributed by atoms with Crippen LogP contribution >= 0.6 is 11.8 Å². The molecule has 0 unspecified atom stereocenters. The number of carbonyl (C=O) groups excluding carboxylic acids is 1. The van der Waals surface area contributed by atoms with Gasteiger partial charge in [-0.2, -0.15) is 0 Å². The normalized spacial score (nSPS) is 25.0.